The molecule has 1 saturated carbocycles. The molecule has 2 unspecified atom stereocenters. The van der Waals surface area contributed by atoms with Gasteiger partial charge in [-0.2, -0.15) is 0 Å². The molecule has 2 saturated heterocycles. The zero-order valence-electron chi connectivity index (χ0n) is 15.8. The number of carbonyl (C=O) groups is 2. The molecule has 0 radical (unpaired) electrons. The minimum Gasteiger partial charge on any atom is -0.368 e. The molecule has 27 heavy (non-hydrogen) atoms. The fourth-order valence-electron chi connectivity index (χ4n) is 4.24. The fourth-order valence-corrected chi connectivity index (χ4v) is 4.24. The van der Waals surface area contributed by atoms with Crippen LogP contribution in [0.3, 0.4) is 0 Å². The van der Waals surface area contributed by atoms with E-state index >= 15 is 0 Å². The third-order valence-electron chi connectivity index (χ3n) is 6.14. The Morgan fingerprint density at radius 3 is 2.26 bits per heavy atom. The molecule has 6 heteroatoms. The van der Waals surface area contributed by atoms with Crippen LogP contribution in [-0.2, 0) is 9.53 Å². The zero-order valence-corrected chi connectivity index (χ0v) is 15.8. The van der Waals surface area contributed by atoms with Crippen molar-refractivity contribution >= 4 is 11.9 Å². The van der Waals surface area contributed by atoms with Gasteiger partial charge in [0.25, 0.3) is 5.91 Å². The van der Waals surface area contributed by atoms with Crippen molar-refractivity contribution in [1.29, 1.82) is 0 Å². The van der Waals surface area contributed by atoms with E-state index in [2.05, 4.69) is 17.4 Å². The maximum atomic E-state index is 12.8. The van der Waals surface area contributed by atoms with Gasteiger partial charge < -0.3 is 19.9 Å². The first-order valence-corrected chi connectivity index (χ1v) is 10.2. The van der Waals surface area contributed by atoms with Crippen LogP contribution in [0.2, 0.25) is 0 Å². The summed E-state index contributed by atoms with van der Waals surface area (Å²) in [6.45, 7) is 3.02. The molecule has 1 aromatic carbocycles. The van der Waals surface area contributed by atoms with E-state index in [1.165, 1.54) is 24.8 Å². The summed E-state index contributed by atoms with van der Waals surface area (Å²) in [6, 6.07) is 10.3. The summed E-state index contributed by atoms with van der Waals surface area (Å²) in [5, 5.41) is 3.26. The van der Waals surface area contributed by atoms with Crippen LogP contribution in [0.1, 0.15) is 43.7 Å². The minimum atomic E-state index is -0.272. The van der Waals surface area contributed by atoms with Crippen molar-refractivity contribution in [3.05, 3.63) is 35.9 Å². The molecule has 0 bridgehead atoms. The van der Waals surface area contributed by atoms with E-state index in [4.69, 9.17) is 4.74 Å². The van der Waals surface area contributed by atoms with Crippen LogP contribution in [0.5, 0.6) is 0 Å². The van der Waals surface area contributed by atoms with Gasteiger partial charge in [-0.15, -0.1) is 0 Å². The van der Waals surface area contributed by atoms with E-state index in [9.17, 15) is 9.59 Å². The number of carbonyl (C=O) groups excluding carboxylic acids is 2. The van der Waals surface area contributed by atoms with Crippen molar-refractivity contribution in [2.75, 3.05) is 32.8 Å². The Hall–Kier alpha value is -2.08. The number of ether oxygens (including phenoxy) is 1. The van der Waals surface area contributed by atoms with Crippen molar-refractivity contribution in [1.82, 2.24) is 15.1 Å². The molecule has 0 aromatic heterocycles. The van der Waals surface area contributed by atoms with Gasteiger partial charge in [0, 0.05) is 32.8 Å². The van der Waals surface area contributed by atoms with Gasteiger partial charge in [-0.05, 0) is 37.2 Å². The average molecular weight is 371 g/mol. The highest BCUT2D eigenvalue weighted by Crippen LogP contribution is 2.37. The number of hydrogen-bond donors (Lipinski definition) is 1. The Labute approximate surface area is 160 Å². The fraction of sp³-hybridized carbons (Fsp3) is 0.619. The van der Waals surface area contributed by atoms with E-state index in [-0.39, 0.29) is 24.1 Å². The summed E-state index contributed by atoms with van der Waals surface area (Å²) in [7, 11) is 0. The summed E-state index contributed by atoms with van der Waals surface area (Å²) < 4.78 is 5.50. The number of amides is 3. The van der Waals surface area contributed by atoms with Gasteiger partial charge in [0.15, 0.2) is 0 Å². The summed E-state index contributed by atoms with van der Waals surface area (Å²) in [5.74, 6) is 0.614. The first-order valence-electron chi connectivity index (χ1n) is 10.2. The molecule has 3 amide bonds. The molecule has 2 aliphatic heterocycles. The highest BCUT2D eigenvalue weighted by atomic mass is 16.5. The third kappa shape index (κ3) is 4.10. The van der Waals surface area contributed by atoms with E-state index < -0.39 is 0 Å². The van der Waals surface area contributed by atoms with Crippen molar-refractivity contribution in [3.63, 3.8) is 0 Å². The molecular weight excluding hydrogens is 342 g/mol. The van der Waals surface area contributed by atoms with Crippen LogP contribution in [0.4, 0.5) is 4.79 Å². The highest BCUT2D eigenvalue weighted by molar-refractivity contribution is 5.82. The molecule has 6 nitrogen and oxygen atoms in total. The highest BCUT2D eigenvalue weighted by Gasteiger charge is 2.34. The topological polar surface area (TPSA) is 61.9 Å². The quantitative estimate of drug-likeness (QED) is 0.885. The maximum Gasteiger partial charge on any atom is 0.318 e. The lowest BCUT2D eigenvalue weighted by molar-refractivity contribution is -0.142. The second-order valence-electron chi connectivity index (χ2n) is 7.84. The van der Waals surface area contributed by atoms with E-state index in [0.29, 0.717) is 38.7 Å². The predicted molar refractivity (Wildman–Crippen MR) is 102 cm³/mol. The minimum absolute atomic E-state index is 0.0139. The average Bonchev–Trinajstić information content (AvgIpc) is 3.21. The largest absolute Gasteiger partial charge is 0.368 e. The molecule has 1 N–H and O–H groups in total. The number of piperazine rings is 1. The second-order valence-corrected chi connectivity index (χ2v) is 7.84. The Morgan fingerprint density at radius 2 is 1.67 bits per heavy atom. The molecule has 1 aliphatic carbocycles. The van der Waals surface area contributed by atoms with Gasteiger partial charge in [-0.3, -0.25) is 4.79 Å². The Balaban J connectivity index is 1.32. The van der Waals surface area contributed by atoms with Crippen molar-refractivity contribution < 1.29 is 14.3 Å². The summed E-state index contributed by atoms with van der Waals surface area (Å²) >= 11 is 0. The molecule has 0 spiro atoms. The van der Waals surface area contributed by atoms with Crippen LogP contribution in [0, 0.1) is 5.92 Å². The smallest absolute Gasteiger partial charge is 0.318 e. The van der Waals surface area contributed by atoms with Crippen LogP contribution in [0.25, 0.3) is 0 Å². The monoisotopic (exact) mass is 371 g/mol. The van der Waals surface area contributed by atoms with Gasteiger partial charge in [0.1, 0.15) is 6.10 Å². The Bertz CT molecular complexity index is 648. The number of rotatable bonds is 4. The predicted octanol–water partition coefficient (Wildman–Crippen LogP) is 2.56. The lowest BCUT2D eigenvalue weighted by atomic mass is 9.77. The maximum absolute atomic E-state index is 12.8. The van der Waals surface area contributed by atoms with Crippen LogP contribution in [0.15, 0.2) is 30.3 Å². The number of urea groups is 1. The van der Waals surface area contributed by atoms with Gasteiger partial charge in [0.2, 0.25) is 0 Å². The molecule has 3 fully saturated rings. The zero-order chi connectivity index (χ0) is 18.6. The number of hydrogen-bond acceptors (Lipinski definition) is 3. The SMILES string of the molecule is O=C(NC(c1ccccc1)C1CCC1)N1CCN(C(=O)C2CCCO2)CC1. The van der Waals surface area contributed by atoms with E-state index in [1.54, 1.807) is 0 Å². The molecule has 3 aliphatic rings. The molecule has 146 valence electrons. The van der Waals surface area contributed by atoms with Gasteiger partial charge in [-0.1, -0.05) is 36.8 Å². The lowest BCUT2D eigenvalue weighted by Crippen LogP contribution is -2.55. The summed E-state index contributed by atoms with van der Waals surface area (Å²) in [4.78, 5) is 29.0. The summed E-state index contributed by atoms with van der Waals surface area (Å²) in [5.41, 5.74) is 1.18. The van der Waals surface area contributed by atoms with Crippen LogP contribution in [-0.4, -0.2) is 60.6 Å². The summed E-state index contributed by atoms with van der Waals surface area (Å²) in [6.07, 6.45) is 5.09. The van der Waals surface area contributed by atoms with Gasteiger partial charge in [-0.25, -0.2) is 4.79 Å². The molecule has 4 rings (SSSR count). The number of benzene rings is 1. The first-order chi connectivity index (χ1) is 13.2. The number of nitrogens with one attached hydrogen (secondary N) is 1. The molecule has 2 heterocycles. The van der Waals surface area contributed by atoms with E-state index in [0.717, 1.165) is 12.8 Å². The van der Waals surface area contributed by atoms with Crippen LogP contribution >= 0.6 is 0 Å². The Morgan fingerprint density at radius 1 is 0.963 bits per heavy atom. The second kappa shape index (κ2) is 8.30. The Kier molecular flexibility index (Phi) is 5.62. The molecule has 1 aromatic rings. The van der Waals surface area contributed by atoms with Crippen molar-refractivity contribution in [2.24, 2.45) is 5.92 Å². The van der Waals surface area contributed by atoms with E-state index in [1.807, 2.05) is 28.0 Å². The standard InChI is InChI=1S/C21H29N3O3/c25-20(18-10-5-15-27-18)23-11-13-24(14-12-23)21(26)22-19(17-8-4-9-17)16-6-2-1-3-7-16/h1-3,6-7,17-19H,4-5,8-15H2,(H,22,26). The van der Waals surface area contributed by atoms with Crippen molar-refractivity contribution in [3.8, 4) is 0 Å². The van der Waals surface area contributed by atoms with Crippen LogP contribution < -0.4 is 5.32 Å². The van der Waals surface area contributed by atoms with Gasteiger partial charge >= 0.3 is 6.03 Å². The molecular formula is C21H29N3O3. The lowest BCUT2D eigenvalue weighted by Gasteiger charge is -2.39. The normalized spacial score (nSPS) is 24.4. The third-order valence-corrected chi connectivity index (χ3v) is 6.14. The van der Waals surface area contributed by atoms with Gasteiger partial charge in [0.05, 0.1) is 6.04 Å². The number of nitrogens with zero attached hydrogens (tertiary/aromatic N) is 2. The molecule has 2 atom stereocenters. The van der Waals surface area contributed by atoms with Crippen molar-refractivity contribution in [2.45, 2.75) is 44.2 Å². The first kappa shape index (κ1) is 18.3.